The Balaban J connectivity index is 2.90. The van der Waals surface area contributed by atoms with E-state index in [9.17, 15) is 9.18 Å². The van der Waals surface area contributed by atoms with Crippen LogP contribution in [0.4, 0.5) is 4.39 Å². The molecule has 2 rings (SSSR count). The highest BCUT2D eigenvalue weighted by Gasteiger charge is 2.07. The van der Waals surface area contributed by atoms with Gasteiger partial charge in [0.15, 0.2) is 11.4 Å². The number of fused-ring (bicyclic) bond motifs is 1. The molecule has 0 aliphatic rings. The molecule has 0 saturated carbocycles. The van der Waals surface area contributed by atoms with Crippen LogP contribution in [0, 0.1) is 12.1 Å². The monoisotopic (exact) mass is 194 g/mol. The maximum Gasteiger partial charge on any atom is 0.177 e. The number of aldehydes is 1. The maximum atomic E-state index is 12.9. The molecule has 2 aromatic rings. The maximum absolute atomic E-state index is 12.9. The summed E-state index contributed by atoms with van der Waals surface area (Å²) in [5.41, 5.74) is 1.50. The SMILES string of the molecule is Cc1ccc2cc(F)sc2c1C=O. The lowest BCUT2D eigenvalue weighted by molar-refractivity contribution is 0.112. The average Bonchev–Trinajstić information content (AvgIpc) is 2.45. The number of hydrogen-bond acceptors (Lipinski definition) is 2. The fourth-order valence-corrected chi connectivity index (χ4v) is 2.28. The summed E-state index contributed by atoms with van der Waals surface area (Å²) in [7, 11) is 0. The van der Waals surface area contributed by atoms with Crippen LogP contribution >= 0.6 is 11.3 Å². The summed E-state index contributed by atoms with van der Waals surface area (Å²) in [4.78, 5) is 10.7. The van der Waals surface area contributed by atoms with Gasteiger partial charge in [0.2, 0.25) is 0 Å². The predicted molar refractivity (Wildman–Crippen MR) is 51.9 cm³/mol. The standard InChI is InChI=1S/C10H7FOS/c1-6-2-3-7-4-9(11)13-10(7)8(6)5-12/h2-5H,1H3. The highest BCUT2D eigenvalue weighted by atomic mass is 32.1. The minimum atomic E-state index is -0.247. The smallest absolute Gasteiger partial charge is 0.177 e. The van der Waals surface area contributed by atoms with Gasteiger partial charge in [0.05, 0.1) is 0 Å². The Labute approximate surface area is 78.8 Å². The Bertz CT molecular complexity index is 473. The molecule has 0 radical (unpaired) electrons. The summed E-state index contributed by atoms with van der Waals surface area (Å²) < 4.78 is 13.6. The van der Waals surface area contributed by atoms with Crippen molar-refractivity contribution < 1.29 is 9.18 Å². The average molecular weight is 194 g/mol. The van der Waals surface area contributed by atoms with Crippen LogP contribution in [0.15, 0.2) is 18.2 Å². The summed E-state index contributed by atoms with van der Waals surface area (Å²) in [5, 5.41) is 0.555. The Morgan fingerprint density at radius 2 is 2.23 bits per heavy atom. The van der Waals surface area contributed by atoms with Crippen molar-refractivity contribution in [1.82, 2.24) is 0 Å². The predicted octanol–water partition coefficient (Wildman–Crippen LogP) is 3.16. The zero-order chi connectivity index (χ0) is 9.42. The Hall–Kier alpha value is -1.22. The Morgan fingerprint density at radius 1 is 1.46 bits per heavy atom. The molecule has 0 unspecified atom stereocenters. The second-order valence-corrected chi connectivity index (χ2v) is 3.89. The third-order valence-electron chi connectivity index (χ3n) is 2.03. The van der Waals surface area contributed by atoms with Crippen LogP contribution < -0.4 is 0 Å². The zero-order valence-electron chi connectivity index (χ0n) is 7.00. The molecule has 0 spiro atoms. The fourth-order valence-electron chi connectivity index (χ4n) is 1.34. The lowest BCUT2D eigenvalue weighted by atomic mass is 10.1. The fraction of sp³-hybridized carbons (Fsp3) is 0.100. The van der Waals surface area contributed by atoms with Gasteiger partial charge >= 0.3 is 0 Å². The third-order valence-corrected chi connectivity index (χ3v) is 3.00. The van der Waals surface area contributed by atoms with E-state index in [4.69, 9.17) is 0 Å². The molecule has 3 heteroatoms. The molecule has 0 bridgehead atoms. The molecule has 0 saturated heterocycles. The van der Waals surface area contributed by atoms with Crippen molar-refractivity contribution in [3.63, 3.8) is 0 Å². The van der Waals surface area contributed by atoms with Crippen LogP contribution in [0.3, 0.4) is 0 Å². The van der Waals surface area contributed by atoms with Gasteiger partial charge < -0.3 is 0 Å². The normalized spacial score (nSPS) is 10.6. The summed E-state index contributed by atoms with van der Waals surface area (Å²) in [6.45, 7) is 1.85. The van der Waals surface area contributed by atoms with Crippen molar-refractivity contribution in [2.24, 2.45) is 0 Å². The summed E-state index contributed by atoms with van der Waals surface area (Å²) in [6, 6.07) is 5.11. The number of aryl methyl sites for hydroxylation is 1. The van der Waals surface area contributed by atoms with Gasteiger partial charge in [-0.2, -0.15) is 4.39 Å². The summed E-state index contributed by atoms with van der Waals surface area (Å²) >= 11 is 1.02. The van der Waals surface area contributed by atoms with Gasteiger partial charge in [-0.1, -0.05) is 12.1 Å². The van der Waals surface area contributed by atoms with Gasteiger partial charge in [-0.3, -0.25) is 4.79 Å². The van der Waals surface area contributed by atoms with Gasteiger partial charge in [0, 0.05) is 10.3 Å². The second-order valence-electron chi connectivity index (χ2n) is 2.88. The third kappa shape index (κ3) is 1.25. The largest absolute Gasteiger partial charge is 0.298 e. The van der Waals surface area contributed by atoms with E-state index in [-0.39, 0.29) is 5.13 Å². The van der Waals surface area contributed by atoms with Crippen LogP contribution in [-0.2, 0) is 0 Å². The molecule has 1 aromatic carbocycles. The molecule has 0 aliphatic carbocycles. The molecule has 1 nitrogen and oxygen atoms in total. The lowest BCUT2D eigenvalue weighted by Gasteiger charge is -1.97. The molecule has 1 heterocycles. The molecule has 0 amide bonds. The van der Waals surface area contributed by atoms with E-state index in [1.54, 1.807) is 0 Å². The molecule has 0 fully saturated rings. The molecule has 0 atom stereocenters. The van der Waals surface area contributed by atoms with Crippen molar-refractivity contribution in [3.05, 3.63) is 34.5 Å². The number of hydrogen-bond donors (Lipinski definition) is 0. The van der Waals surface area contributed by atoms with E-state index in [0.29, 0.717) is 5.56 Å². The molecule has 66 valence electrons. The van der Waals surface area contributed by atoms with Crippen molar-refractivity contribution in [3.8, 4) is 0 Å². The van der Waals surface area contributed by atoms with Gasteiger partial charge in [0.1, 0.15) is 0 Å². The van der Waals surface area contributed by atoms with E-state index >= 15 is 0 Å². The highest BCUT2D eigenvalue weighted by Crippen LogP contribution is 2.28. The summed E-state index contributed by atoms with van der Waals surface area (Å²) in [5.74, 6) is 0. The number of carbonyl (C=O) groups is 1. The number of benzene rings is 1. The second kappa shape index (κ2) is 2.92. The van der Waals surface area contributed by atoms with E-state index in [0.717, 1.165) is 33.3 Å². The number of rotatable bonds is 1. The van der Waals surface area contributed by atoms with Gasteiger partial charge in [-0.15, -0.1) is 11.3 Å². The van der Waals surface area contributed by atoms with Crippen LogP contribution in [0.1, 0.15) is 15.9 Å². The first-order valence-corrected chi connectivity index (χ1v) is 4.68. The highest BCUT2D eigenvalue weighted by molar-refractivity contribution is 7.17. The molecule has 0 aliphatic heterocycles. The van der Waals surface area contributed by atoms with E-state index in [2.05, 4.69) is 0 Å². The van der Waals surface area contributed by atoms with E-state index < -0.39 is 0 Å². The zero-order valence-corrected chi connectivity index (χ0v) is 7.82. The van der Waals surface area contributed by atoms with Crippen LogP contribution in [-0.4, -0.2) is 6.29 Å². The quantitative estimate of drug-likeness (QED) is 0.637. The number of halogens is 1. The molecule has 1 aromatic heterocycles. The van der Waals surface area contributed by atoms with Gasteiger partial charge in [0.25, 0.3) is 0 Å². The minimum absolute atomic E-state index is 0.247. The molecule has 0 N–H and O–H groups in total. The number of carbonyl (C=O) groups excluding carboxylic acids is 1. The Kier molecular flexibility index (Phi) is 1.88. The van der Waals surface area contributed by atoms with Crippen molar-refractivity contribution in [2.75, 3.05) is 0 Å². The molecular formula is C10H7FOS. The van der Waals surface area contributed by atoms with Crippen molar-refractivity contribution in [2.45, 2.75) is 6.92 Å². The first kappa shape index (κ1) is 8.38. The first-order valence-electron chi connectivity index (χ1n) is 3.86. The lowest BCUT2D eigenvalue weighted by Crippen LogP contribution is -1.84. The molecule has 13 heavy (non-hydrogen) atoms. The molecular weight excluding hydrogens is 187 g/mol. The minimum Gasteiger partial charge on any atom is -0.298 e. The topological polar surface area (TPSA) is 17.1 Å². The van der Waals surface area contributed by atoms with Crippen LogP contribution in [0.2, 0.25) is 0 Å². The van der Waals surface area contributed by atoms with E-state index in [1.807, 2.05) is 19.1 Å². The van der Waals surface area contributed by atoms with Crippen LogP contribution in [0.25, 0.3) is 10.1 Å². The summed E-state index contributed by atoms with van der Waals surface area (Å²) in [6.07, 6.45) is 0.785. The Morgan fingerprint density at radius 3 is 2.92 bits per heavy atom. The van der Waals surface area contributed by atoms with Gasteiger partial charge in [-0.25, -0.2) is 0 Å². The van der Waals surface area contributed by atoms with Crippen molar-refractivity contribution in [1.29, 1.82) is 0 Å². The van der Waals surface area contributed by atoms with E-state index in [1.165, 1.54) is 6.07 Å². The number of thiophene rings is 1. The first-order chi connectivity index (χ1) is 6.22. The van der Waals surface area contributed by atoms with Gasteiger partial charge in [-0.05, 0) is 23.9 Å². The van der Waals surface area contributed by atoms with Crippen molar-refractivity contribution >= 4 is 27.7 Å². The van der Waals surface area contributed by atoms with Crippen LogP contribution in [0.5, 0.6) is 0 Å².